The van der Waals surface area contributed by atoms with Gasteiger partial charge in [-0.1, -0.05) is 34.1 Å². The maximum absolute atomic E-state index is 14.3. The fraction of sp³-hybridized carbons (Fsp3) is 0.630. The summed E-state index contributed by atoms with van der Waals surface area (Å²) in [6.45, 7) is 13.0. The van der Waals surface area contributed by atoms with Crippen LogP contribution in [-0.2, 0) is 23.2 Å². The van der Waals surface area contributed by atoms with Crippen molar-refractivity contribution in [2.24, 2.45) is 10.7 Å². The fourth-order valence-electron chi connectivity index (χ4n) is 4.91. The molecule has 10 heteroatoms. The first-order chi connectivity index (χ1) is 17.3. The Morgan fingerprint density at radius 3 is 2.62 bits per heavy atom. The van der Waals surface area contributed by atoms with Crippen molar-refractivity contribution in [3.05, 3.63) is 52.3 Å². The summed E-state index contributed by atoms with van der Waals surface area (Å²) < 4.78 is 29.8. The van der Waals surface area contributed by atoms with Crippen LogP contribution >= 0.6 is 0 Å². The second-order valence-corrected chi connectivity index (χ2v) is 11.9. The monoisotopic (exact) mass is 518 g/mol. The van der Waals surface area contributed by atoms with Crippen molar-refractivity contribution < 1.29 is 13.6 Å². The third-order valence-electron chi connectivity index (χ3n) is 6.67. The van der Waals surface area contributed by atoms with Crippen molar-refractivity contribution in [3.8, 4) is 0 Å². The van der Waals surface area contributed by atoms with E-state index in [1.54, 1.807) is 12.5 Å². The quantitative estimate of drug-likeness (QED) is 0.316. The van der Waals surface area contributed by atoms with Crippen molar-refractivity contribution >= 4 is 11.7 Å². The normalized spacial score (nSPS) is 16.7. The Labute approximate surface area is 218 Å². The molecule has 1 aliphatic rings. The Morgan fingerprint density at radius 1 is 1.24 bits per heavy atom. The lowest BCUT2D eigenvalue weighted by Gasteiger charge is -2.33. The van der Waals surface area contributed by atoms with Gasteiger partial charge in [0.1, 0.15) is 11.6 Å². The molecule has 0 spiro atoms. The minimum absolute atomic E-state index is 0.0816. The molecular weight excluding hydrogens is 478 g/mol. The van der Waals surface area contributed by atoms with Gasteiger partial charge in [-0.05, 0) is 62.1 Å². The van der Waals surface area contributed by atoms with E-state index in [2.05, 4.69) is 20.9 Å². The molecule has 3 rings (SSSR count). The highest BCUT2D eigenvalue weighted by Crippen LogP contribution is 2.26. The van der Waals surface area contributed by atoms with Gasteiger partial charge in [-0.25, -0.2) is 13.8 Å². The minimum Gasteiger partial charge on any atom is -0.328 e. The first-order valence-electron chi connectivity index (χ1n) is 13.0. The zero-order valence-electron chi connectivity index (χ0n) is 22.8. The number of nitrogens with zero attached hydrogens (tertiary/aromatic N) is 4. The van der Waals surface area contributed by atoms with E-state index in [-0.39, 0.29) is 17.4 Å². The topological polar surface area (TPSA) is 91.6 Å². The van der Waals surface area contributed by atoms with E-state index >= 15 is 0 Å². The molecule has 1 aromatic carbocycles. The van der Waals surface area contributed by atoms with E-state index in [0.717, 1.165) is 12.5 Å². The van der Waals surface area contributed by atoms with Crippen molar-refractivity contribution in [1.29, 1.82) is 0 Å². The van der Waals surface area contributed by atoms with E-state index in [9.17, 15) is 18.5 Å². The van der Waals surface area contributed by atoms with Crippen LogP contribution < -0.4 is 10.6 Å². The maximum atomic E-state index is 14.3. The van der Waals surface area contributed by atoms with Crippen molar-refractivity contribution in [2.45, 2.75) is 91.3 Å². The van der Waals surface area contributed by atoms with Crippen LogP contribution in [0.1, 0.15) is 71.9 Å². The Balaban J connectivity index is 1.64. The van der Waals surface area contributed by atoms with Gasteiger partial charge in [0.25, 0.3) is 0 Å². The molecule has 1 aliphatic carbocycles. The molecule has 0 saturated heterocycles. The standard InChI is InChI=1S/C27H40F2N6O2/c1-7-8-23(31-20-10-9-18-11-19(28)12-22(29)21(18)13-20)25(36)32-24-14-34(17-30-24)27(5,6)16-35(33-37)15-26(2,3)4/h11-12,14,17,20,23,31H,7-10,13,15-16H2,1-6H3,(H,32,36)/t20-,23-/m0/s1. The molecule has 1 amide bonds. The third-order valence-corrected chi connectivity index (χ3v) is 6.67. The minimum atomic E-state index is -0.558. The van der Waals surface area contributed by atoms with Crippen LogP contribution in [0.4, 0.5) is 14.6 Å². The summed E-state index contributed by atoms with van der Waals surface area (Å²) in [6, 6.07) is 1.76. The van der Waals surface area contributed by atoms with Gasteiger partial charge in [-0.2, -0.15) is 0 Å². The largest absolute Gasteiger partial charge is 0.328 e. The van der Waals surface area contributed by atoms with Gasteiger partial charge < -0.3 is 15.2 Å². The highest BCUT2D eigenvalue weighted by molar-refractivity contribution is 5.94. The number of carbonyl (C=O) groups is 1. The molecule has 1 heterocycles. The molecule has 0 aliphatic heterocycles. The molecule has 2 aromatic rings. The number of aryl methyl sites for hydroxylation is 1. The number of carbonyl (C=O) groups excluding carboxylic acids is 1. The number of amides is 1. The average Bonchev–Trinajstić information content (AvgIpc) is 3.27. The Morgan fingerprint density at radius 2 is 1.97 bits per heavy atom. The first-order valence-corrected chi connectivity index (χ1v) is 13.0. The fourth-order valence-corrected chi connectivity index (χ4v) is 4.91. The van der Waals surface area contributed by atoms with Gasteiger partial charge >= 0.3 is 0 Å². The molecule has 0 unspecified atom stereocenters. The van der Waals surface area contributed by atoms with Crippen LogP contribution in [0.3, 0.4) is 0 Å². The number of aromatic nitrogens is 2. The van der Waals surface area contributed by atoms with Crippen LogP contribution in [0.25, 0.3) is 0 Å². The molecule has 0 bridgehead atoms. The average molecular weight is 519 g/mol. The summed E-state index contributed by atoms with van der Waals surface area (Å²) in [7, 11) is 0. The molecule has 204 valence electrons. The smallest absolute Gasteiger partial charge is 0.242 e. The molecule has 1 aromatic heterocycles. The lowest BCUT2D eigenvalue weighted by atomic mass is 9.87. The summed E-state index contributed by atoms with van der Waals surface area (Å²) in [5.74, 6) is -0.882. The van der Waals surface area contributed by atoms with Crippen LogP contribution in [0.5, 0.6) is 0 Å². The number of hydrogen-bond acceptors (Lipinski definition) is 5. The summed E-state index contributed by atoms with van der Waals surface area (Å²) in [5, 5.41) is 11.0. The number of imidazole rings is 1. The van der Waals surface area contributed by atoms with E-state index in [0.29, 0.717) is 55.7 Å². The van der Waals surface area contributed by atoms with E-state index < -0.39 is 23.2 Å². The first kappa shape index (κ1) is 28.7. The number of benzene rings is 1. The van der Waals surface area contributed by atoms with Gasteiger partial charge in [-0.3, -0.25) is 9.80 Å². The third kappa shape index (κ3) is 7.80. The highest BCUT2D eigenvalue weighted by Gasteiger charge is 2.29. The number of nitrogens with one attached hydrogen (secondary N) is 2. The molecule has 2 N–H and O–H groups in total. The van der Waals surface area contributed by atoms with Gasteiger partial charge in [0, 0.05) is 24.8 Å². The summed E-state index contributed by atoms with van der Waals surface area (Å²) in [6.07, 6.45) is 6.45. The summed E-state index contributed by atoms with van der Waals surface area (Å²) in [5.41, 5.74) is 0.648. The number of nitroso groups, excluding NO2 is 1. The van der Waals surface area contributed by atoms with Crippen molar-refractivity contribution in [1.82, 2.24) is 19.9 Å². The van der Waals surface area contributed by atoms with Gasteiger partial charge in [0.05, 0.1) is 29.7 Å². The zero-order chi connectivity index (χ0) is 27.4. The number of anilines is 1. The SMILES string of the molecule is CCC[C@H](N[C@H]1CCc2cc(F)cc(F)c2C1)C(=O)Nc1cn(C(C)(C)CN(CC(C)(C)C)N=O)cn1. The second kappa shape index (κ2) is 11.7. The van der Waals surface area contributed by atoms with Gasteiger partial charge in [-0.15, -0.1) is 4.91 Å². The Kier molecular flexibility index (Phi) is 9.05. The van der Waals surface area contributed by atoms with Gasteiger partial charge in [0.2, 0.25) is 5.91 Å². The lowest BCUT2D eigenvalue weighted by Crippen LogP contribution is -2.48. The zero-order valence-corrected chi connectivity index (χ0v) is 22.8. The van der Waals surface area contributed by atoms with Crippen LogP contribution in [0.15, 0.2) is 29.9 Å². The van der Waals surface area contributed by atoms with Crippen LogP contribution in [0.2, 0.25) is 0 Å². The van der Waals surface area contributed by atoms with E-state index in [1.165, 1.54) is 11.1 Å². The van der Waals surface area contributed by atoms with Crippen LogP contribution in [0, 0.1) is 22.0 Å². The predicted molar refractivity (Wildman–Crippen MR) is 141 cm³/mol. The molecule has 8 nitrogen and oxygen atoms in total. The molecule has 0 radical (unpaired) electrons. The number of halogens is 2. The van der Waals surface area contributed by atoms with Gasteiger partial charge in [0.15, 0.2) is 5.82 Å². The number of fused-ring (bicyclic) bond motifs is 1. The molecule has 37 heavy (non-hydrogen) atoms. The van der Waals surface area contributed by atoms with Crippen LogP contribution in [-0.4, -0.2) is 45.6 Å². The van der Waals surface area contributed by atoms with E-state index in [1.807, 2.05) is 46.1 Å². The number of hydrogen-bond donors (Lipinski definition) is 2. The Hall–Kier alpha value is -2.88. The number of rotatable bonds is 11. The highest BCUT2D eigenvalue weighted by atomic mass is 19.1. The molecule has 0 fully saturated rings. The Bertz CT molecular complexity index is 1100. The predicted octanol–water partition coefficient (Wildman–Crippen LogP) is 5.18. The second-order valence-electron chi connectivity index (χ2n) is 11.9. The lowest BCUT2D eigenvalue weighted by molar-refractivity contribution is -0.118. The maximum Gasteiger partial charge on any atom is 0.242 e. The molecule has 0 saturated carbocycles. The molecule has 2 atom stereocenters. The summed E-state index contributed by atoms with van der Waals surface area (Å²) in [4.78, 5) is 28.9. The molecular formula is C27H40F2N6O2. The van der Waals surface area contributed by atoms with Crippen molar-refractivity contribution in [2.75, 3.05) is 18.4 Å². The van der Waals surface area contributed by atoms with Crippen molar-refractivity contribution in [3.63, 3.8) is 0 Å². The van der Waals surface area contributed by atoms with E-state index in [4.69, 9.17) is 0 Å². The summed E-state index contributed by atoms with van der Waals surface area (Å²) >= 11 is 0.